The van der Waals surface area contributed by atoms with Gasteiger partial charge in [-0.1, -0.05) is 0 Å². The zero-order valence-corrected chi connectivity index (χ0v) is 20.0. The molecule has 2 aliphatic carbocycles. The molecule has 0 bridgehead atoms. The van der Waals surface area contributed by atoms with E-state index in [-0.39, 0.29) is 11.6 Å². The second-order valence-electron chi connectivity index (χ2n) is 10.4. The monoisotopic (exact) mass is 506 g/mol. The number of nitrogens with one attached hydrogen (secondary N) is 2. The van der Waals surface area contributed by atoms with Crippen LogP contribution in [0.3, 0.4) is 0 Å². The lowest BCUT2D eigenvalue weighted by Gasteiger charge is -2.38. The summed E-state index contributed by atoms with van der Waals surface area (Å²) in [5, 5.41) is 16.6. The second kappa shape index (κ2) is 7.72. The fraction of sp³-hybridized carbons (Fsp3) is 0.542. The van der Waals surface area contributed by atoms with Crippen molar-refractivity contribution in [2.24, 2.45) is 17.3 Å². The molecular weight excluding hydrogens is 480 g/mol. The molecule has 1 saturated heterocycles. The summed E-state index contributed by atoms with van der Waals surface area (Å²) in [7, 11) is 0. The zero-order chi connectivity index (χ0) is 24.7. The van der Waals surface area contributed by atoms with E-state index in [0.717, 1.165) is 37.0 Å². The largest absolute Gasteiger partial charge is 0.416 e. The molecular formula is C24H26F4N6S. The smallest absolute Gasteiger partial charge is 0.366 e. The number of benzene rings is 1. The van der Waals surface area contributed by atoms with Crippen molar-refractivity contribution in [3.63, 3.8) is 0 Å². The van der Waals surface area contributed by atoms with Crippen LogP contribution in [-0.4, -0.2) is 44.5 Å². The molecule has 1 aromatic carbocycles. The van der Waals surface area contributed by atoms with Gasteiger partial charge in [0.05, 0.1) is 10.6 Å². The van der Waals surface area contributed by atoms with Crippen LogP contribution in [0.5, 0.6) is 0 Å². The lowest BCUT2D eigenvalue weighted by molar-refractivity contribution is -0.137. The molecule has 3 fully saturated rings. The second-order valence-corrected chi connectivity index (χ2v) is 10.8. The number of rotatable bonds is 5. The van der Waals surface area contributed by atoms with Crippen LogP contribution >= 0.6 is 12.6 Å². The summed E-state index contributed by atoms with van der Waals surface area (Å²) in [6, 6.07) is 2.97. The Kier molecular flexibility index (Phi) is 5.04. The fourth-order valence-electron chi connectivity index (χ4n) is 6.55. The van der Waals surface area contributed by atoms with Gasteiger partial charge in [0.15, 0.2) is 0 Å². The minimum absolute atomic E-state index is 0.233. The quantitative estimate of drug-likeness (QED) is 0.306. The third-order valence-corrected chi connectivity index (χ3v) is 8.59. The molecule has 2 aliphatic heterocycles. The number of hydrogen-bond donors (Lipinski definition) is 3. The molecule has 5 atom stereocenters. The summed E-state index contributed by atoms with van der Waals surface area (Å²) in [4.78, 5) is 6.91. The van der Waals surface area contributed by atoms with Crippen LogP contribution in [0.2, 0.25) is 0 Å². The molecule has 35 heavy (non-hydrogen) atoms. The van der Waals surface area contributed by atoms with Crippen LogP contribution in [0.4, 0.5) is 23.5 Å². The highest BCUT2D eigenvalue weighted by atomic mass is 32.1. The molecule has 2 aromatic rings. The lowest BCUT2D eigenvalue weighted by Crippen LogP contribution is -2.47. The van der Waals surface area contributed by atoms with E-state index in [1.54, 1.807) is 17.7 Å². The first-order chi connectivity index (χ1) is 16.5. The summed E-state index contributed by atoms with van der Waals surface area (Å²) in [5.74, 6) is 0.699. The molecule has 3 unspecified atom stereocenters. The first kappa shape index (κ1) is 22.9. The highest BCUT2D eigenvalue weighted by Gasteiger charge is 2.76. The number of hydrogen-bond acceptors (Lipinski definition) is 6. The van der Waals surface area contributed by atoms with Gasteiger partial charge in [-0.3, -0.25) is 0 Å². The van der Waals surface area contributed by atoms with E-state index in [1.807, 2.05) is 0 Å². The van der Waals surface area contributed by atoms with Crippen molar-refractivity contribution < 1.29 is 17.6 Å². The summed E-state index contributed by atoms with van der Waals surface area (Å²) >= 11 is 4.58. The Morgan fingerprint density at radius 2 is 2.09 bits per heavy atom. The topological polar surface area (TPSA) is 69.8 Å². The van der Waals surface area contributed by atoms with E-state index in [4.69, 9.17) is 5.41 Å². The number of allylic oxidation sites excluding steroid dienone is 1. The van der Waals surface area contributed by atoms with Gasteiger partial charge in [0.2, 0.25) is 5.95 Å². The molecule has 2 saturated carbocycles. The van der Waals surface area contributed by atoms with Crippen molar-refractivity contribution in [2.75, 3.05) is 18.4 Å². The summed E-state index contributed by atoms with van der Waals surface area (Å²) in [6.07, 6.45) is -0.381. The molecule has 0 amide bonds. The highest BCUT2D eigenvalue weighted by molar-refractivity contribution is 7.84. The van der Waals surface area contributed by atoms with Gasteiger partial charge in [0.1, 0.15) is 11.6 Å². The van der Waals surface area contributed by atoms with Gasteiger partial charge in [0.25, 0.3) is 0 Å². The number of aromatic nitrogens is 3. The summed E-state index contributed by atoms with van der Waals surface area (Å²) < 4.78 is 55.6. The van der Waals surface area contributed by atoms with Gasteiger partial charge in [-0.05, 0) is 67.4 Å². The number of likely N-dealkylation sites (tertiary alicyclic amines) is 1. The maximum Gasteiger partial charge on any atom is 0.416 e. The van der Waals surface area contributed by atoms with Crippen molar-refractivity contribution in [2.45, 2.75) is 50.9 Å². The Balaban J connectivity index is 1.21. The number of halogens is 4. The van der Waals surface area contributed by atoms with E-state index in [9.17, 15) is 17.6 Å². The molecule has 4 aliphatic rings. The van der Waals surface area contributed by atoms with E-state index >= 15 is 0 Å². The predicted molar refractivity (Wildman–Crippen MR) is 126 cm³/mol. The van der Waals surface area contributed by atoms with E-state index < -0.39 is 23.5 Å². The predicted octanol–water partition coefficient (Wildman–Crippen LogP) is 4.90. The normalized spacial score (nSPS) is 31.4. The highest BCUT2D eigenvalue weighted by Crippen LogP contribution is 2.74. The van der Waals surface area contributed by atoms with E-state index in [0.29, 0.717) is 53.8 Å². The average molecular weight is 507 g/mol. The molecule has 11 heteroatoms. The fourth-order valence-corrected chi connectivity index (χ4v) is 6.89. The van der Waals surface area contributed by atoms with Crippen LogP contribution in [0, 0.1) is 28.5 Å². The van der Waals surface area contributed by atoms with Crippen LogP contribution in [0.1, 0.15) is 49.1 Å². The van der Waals surface area contributed by atoms with Gasteiger partial charge >= 0.3 is 6.18 Å². The Morgan fingerprint density at radius 1 is 1.29 bits per heavy atom. The van der Waals surface area contributed by atoms with Gasteiger partial charge in [-0.2, -0.15) is 18.2 Å². The van der Waals surface area contributed by atoms with Crippen molar-refractivity contribution in [1.29, 1.82) is 5.41 Å². The van der Waals surface area contributed by atoms with Gasteiger partial charge < -0.3 is 15.6 Å². The number of fused-ring (bicyclic) bond motifs is 1. The minimum Gasteiger partial charge on any atom is -0.366 e. The Bertz CT molecular complexity index is 1240. The SMILES string of the molecule is CC(=N)/C=C(\S)N1C[C@H]2[C@H](Nc3nc4n(n3)CCCC4c3cc(F)cc(C(F)(F)F)c3)C3CC32C1. The van der Waals surface area contributed by atoms with Crippen molar-refractivity contribution in [3.05, 3.63) is 52.1 Å². The lowest BCUT2D eigenvalue weighted by atomic mass is 9.71. The Morgan fingerprint density at radius 3 is 2.83 bits per heavy atom. The van der Waals surface area contributed by atoms with Gasteiger partial charge in [-0.25, -0.2) is 9.07 Å². The van der Waals surface area contributed by atoms with Crippen LogP contribution in [0.15, 0.2) is 29.3 Å². The zero-order valence-electron chi connectivity index (χ0n) is 19.1. The third-order valence-electron chi connectivity index (χ3n) is 8.18. The number of alkyl halides is 3. The van der Waals surface area contributed by atoms with E-state index in [2.05, 4.69) is 32.9 Å². The van der Waals surface area contributed by atoms with Crippen molar-refractivity contribution in [3.8, 4) is 0 Å². The number of aryl methyl sites for hydroxylation is 1. The number of nitrogens with zero attached hydrogens (tertiary/aromatic N) is 4. The van der Waals surface area contributed by atoms with Gasteiger partial charge in [-0.15, -0.1) is 17.7 Å². The Labute approximate surface area is 205 Å². The molecule has 3 heterocycles. The van der Waals surface area contributed by atoms with Gasteiger partial charge in [0, 0.05) is 43.2 Å². The standard InChI is InChI=1S/C24H26F4N6S/c1-12(29)5-19(35)33-10-18-20(17-9-23(17,18)11-33)30-22-31-21-16(3-2-4-34(21)32-22)13-6-14(24(26,27)28)8-15(25)7-13/h5-8,16-18,20,29,35H,2-4,9-11H2,1H3,(H,30,32)/b19-5-,29-12?/t16?,17?,18-,20+,23?/m0/s1. The first-order valence-corrected chi connectivity index (χ1v) is 12.3. The molecule has 2 N–H and O–H groups in total. The Hall–Kier alpha value is -2.56. The maximum atomic E-state index is 14.1. The van der Waals surface area contributed by atoms with E-state index in [1.165, 1.54) is 6.07 Å². The number of thiol groups is 1. The third kappa shape index (κ3) is 3.73. The average Bonchev–Trinajstić information content (AvgIpc) is 3.05. The number of anilines is 1. The molecule has 6 nitrogen and oxygen atoms in total. The van der Waals surface area contributed by atoms with Crippen molar-refractivity contribution in [1.82, 2.24) is 19.7 Å². The van der Waals surface area contributed by atoms with Crippen LogP contribution < -0.4 is 5.32 Å². The maximum absolute atomic E-state index is 14.1. The minimum atomic E-state index is -4.61. The molecule has 1 spiro atoms. The molecule has 0 radical (unpaired) electrons. The van der Waals surface area contributed by atoms with Crippen LogP contribution in [0.25, 0.3) is 0 Å². The summed E-state index contributed by atoms with van der Waals surface area (Å²) in [5.41, 5.74) is 0.0656. The molecule has 186 valence electrons. The molecule has 1 aromatic heterocycles. The molecule has 6 rings (SSSR count). The van der Waals surface area contributed by atoms with Crippen molar-refractivity contribution >= 4 is 24.3 Å². The first-order valence-electron chi connectivity index (χ1n) is 11.8. The summed E-state index contributed by atoms with van der Waals surface area (Å²) in [6.45, 7) is 4.17. The van der Waals surface area contributed by atoms with Crippen LogP contribution in [-0.2, 0) is 12.7 Å².